The van der Waals surface area contributed by atoms with Gasteiger partial charge in [-0.05, 0) is 29.7 Å². The Hall–Kier alpha value is -3.41. The van der Waals surface area contributed by atoms with Crippen LogP contribution in [0, 0.1) is 0 Å². The molecule has 0 fully saturated rings. The average Bonchev–Trinajstić information content (AvgIpc) is 2.65. The molecule has 124 valence electrons. The van der Waals surface area contributed by atoms with Crippen molar-refractivity contribution in [2.45, 2.75) is 0 Å². The lowest BCUT2D eigenvalue weighted by atomic mass is 10.1. The van der Waals surface area contributed by atoms with Crippen LogP contribution in [0.1, 0.15) is 0 Å². The molecule has 0 unspecified atom stereocenters. The number of methoxy groups -OCH3 is 1. The van der Waals surface area contributed by atoms with E-state index in [1.54, 1.807) is 17.7 Å². The van der Waals surface area contributed by atoms with Crippen LogP contribution in [0.5, 0.6) is 5.75 Å². The second kappa shape index (κ2) is 5.59. The van der Waals surface area contributed by atoms with Crippen molar-refractivity contribution in [1.82, 2.24) is 14.1 Å². The summed E-state index contributed by atoms with van der Waals surface area (Å²) in [6.07, 6.45) is 0. The van der Waals surface area contributed by atoms with E-state index in [0.29, 0.717) is 22.8 Å². The molecule has 0 N–H and O–H groups in total. The maximum atomic E-state index is 12.6. The minimum atomic E-state index is -0.587. The lowest BCUT2D eigenvalue weighted by molar-refractivity contribution is 0.413. The number of benzene rings is 2. The molecule has 2 aliphatic heterocycles. The molecule has 0 bridgehead atoms. The number of fused-ring (bicyclic) bond motifs is 2. The third kappa shape index (κ3) is 2.22. The summed E-state index contributed by atoms with van der Waals surface area (Å²) in [7, 11) is 3.01. The number of hydrogen-bond acceptors (Lipinski definition) is 4. The molecule has 2 heterocycles. The van der Waals surface area contributed by atoms with Crippen LogP contribution in [-0.2, 0) is 7.05 Å². The molecule has 6 nitrogen and oxygen atoms in total. The van der Waals surface area contributed by atoms with Gasteiger partial charge < -0.3 is 4.74 Å². The summed E-state index contributed by atoms with van der Waals surface area (Å²) < 4.78 is 8.29. The number of aromatic nitrogens is 3. The van der Waals surface area contributed by atoms with E-state index in [0.717, 1.165) is 15.5 Å². The first-order valence-corrected chi connectivity index (χ1v) is 7.77. The fraction of sp³-hybridized carbons (Fsp3) is 0.105. The molecule has 0 amide bonds. The lowest BCUT2D eigenvalue weighted by Crippen LogP contribution is -2.35. The van der Waals surface area contributed by atoms with Crippen LogP contribution in [-0.4, -0.2) is 21.2 Å². The number of para-hydroxylation sites is 3. The lowest BCUT2D eigenvalue weighted by Gasteiger charge is -2.19. The van der Waals surface area contributed by atoms with Crippen LogP contribution >= 0.6 is 0 Å². The van der Waals surface area contributed by atoms with Crippen molar-refractivity contribution in [3.63, 3.8) is 0 Å². The Bertz CT molecular complexity index is 1190. The van der Waals surface area contributed by atoms with Crippen molar-refractivity contribution < 1.29 is 4.74 Å². The van der Waals surface area contributed by atoms with Gasteiger partial charge in [0, 0.05) is 7.05 Å². The van der Waals surface area contributed by atoms with Gasteiger partial charge in [-0.25, -0.2) is 4.79 Å². The molecule has 6 heteroatoms. The highest BCUT2D eigenvalue weighted by Gasteiger charge is 2.20. The predicted molar refractivity (Wildman–Crippen MR) is 95.8 cm³/mol. The molecule has 4 rings (SSSR count). The highest BCUT2D eigenvalue weighted by molar-refractivity contribution is 5.87. The summed E-state index contributed by atoms with van der Waals surface area (Å²) in [6, 6.07) is 16.9. The summed E-state index contributed by atoms with van der Waals surface area (Å²) in [4.78, 5) is 28.9. The van der Waals surface area contributed by atoms with Crippen LogP contribution in [0.3, 0.4) is 0 Å². The first-order chi connectivity index (χ1) is 12.1. The van der Waals surface area contributed by atoms with Crippen LogP contribution in [0.15, 0.2) is 64.2 Å². The number of rotatable bonds is 2. The fourth-order valence-corrected chi connectivity index (χ4v) is 3.03. The van der Waals surface area contributed by atoms with Gasteiger partial charge in [0.1, 0.15) is 5.75 Å². The Kier molecular flexibility index (Phi) is 3.39. The van der Waals surface area contributed by atoms with E-state index >= 15 is 0 Å². The highest BCUT2D eigenvalue weighted by Crippen LogP contribution is 2.31. The van der Waals surface area contributed by atoms with Crippen molar-refractivity contribution in [3.8, 4) is 22.8 Å². The van der Waals surface area contributed by atoms with Gasteiger partial charge in [-0.2, -0.15) is 4.98 Å². The molecule has 0 radical (unpaired) electrons. The van der Waals surface area contributed by atoms with Gasteiger partial charge in [0.25, 0.3) is 5.56 Å². The van der Waals surface area contributed by atoms with Gasteiger partial charge >= 0.3 is 5.69 Å². The van der Waals surface area contributed by atoms with Crippen LogP contribution in [0.2, 0.25) is 0 Å². The maximum absolute atomic E-state index is 12.6. The summed E-state index contributed by atoms with van der Waals surface area (Å²) >= 11 is 0. The van der Waals surface area contributed by atoms with Gasteiger partial charge in [0.05, 0.1) is 23.9 Å². The summed E-state index contributed by atoms with van der Waals surface area (Å²) in [6.45, 7) is 0. The molecule has 0 saturated carbocycles. The summed E-state index contributed by atoms with van der Waals surface area (Å²) in [5, 5.41) is 0.874. The Balaban J connectivity index is 2.28. The Labute approximate surface area is 142 Å². The van der Waals surface area contributed by atoms with Gasteiger partial charge in [-0.1, -0.05) is 30.3 Å². The van der Waals surface area contributed by atoms with E-state index < -0.39 is 5.69 Å². The molecule has 0 saturated heterocycles. The number of ether oxygens (including phenoxy) is 1. The Morgan fingerprint density at radius 1 is 1.00 bits per heavy atom. The Morgan fingerprint density at radius 3 is 2.52 bits per heavy atom. The van der Waals surface area contributed by atoms with Gasteiger partial charge in [-0.3, -0.25) is 13.9 Å². The molecular formula is C19H15N3O3. The third-order valence-electron chi connectivity index (χ3n) is 4.28. The predicted octanol–water partition coefficient (Wildman–Crippen LogP) is 2.20. The molecule has 0 atom stereocenters. The van der Waals surface area contributed by atoms with Crippen LogP contribution < -0.4 is 16.0 Å². The minimum absolute atomic E-state index is 0.316. The second-order valence-corrected chi connectivity index (χ2v) is 5.71. The quantitative estimate of drug-likeness (QED) is 0.528. The molecule has 2 aromatic carbocycles. The number of nitrogens with zero attached hydrogens (tertiary/aromatic N) is 3. The van der Waals surface area contributed by atoms with Crippen molar-refractivity contribution in [3.05, 3.63) is 75.4 Å². The first-order valence-electron chi connectivity index (χ1n) is 7.77. The molecule has 2 aromatic rings. The monoisotopic (exact) mass is 333 g/mol. The van der Waals surface area contributed by atoms with Crippen molar-refractivity contribution in [2.75, 3.05) is 7.11 Å². The molecular weight excluding hydrogens is 318 g/mol. The standard InChI is InChI=1S/C19H15N3O3/c1-21-18(23)13-11-12-7-3-4-8-14(12)22(17(13)20-19(21)24)15-9-5-6-10-16(15)25-2/h3-11H,1-2H3. The minimum Gasteiger partial charge on any atom is -0.495 e. The van der Waals surface area contributed by atoms with Crippen molar-refractivity contribution in [2.24, 2.45) is 7.05 Å². The van der Waals surface area contributed by atoms with Crippen LogP contribution in [0.25, 0.3) is 28.0 Å². The number of pyridine rings is 1. The third-order valence-corrected chi connectivity index (χ3v) is 4.28. The molecule has 2 aliphatic rings. The molecule has 25 heavy (non-hydrogen) atoms. The highest BCUT2D eigenvalue weighted by atomic mass is 16.5. The van der Waals surface area contributed by atoms with Crippen molar-refractivity contribution in [1.29, 1.82) is 0 Å². The molecule has 0 aromatic heterocycles. The largest absolute Gasteiger partial charge is 0.495 e. The molecule has 0 spiro atoms. The zero-order valence-electron chi connectivity index (χ0n) is 13.8. The molecule has 0 aliphatic carbocycles. The van der Waals surface area contributed by atoms with Gasteiger partial charge in [0.15, 0.2) is 5.82 Å². The fourth-order valence-electron chi connectivity index (χ4n) is 3.03. The first kappa shape index (κ1) is 15.1. The summed E-state index contributed by atoms with van der Waals surface area (Å²) in [5.74, 6) is 0.941. The number of hydrogen-bond donors (Lipinski definition) is 0. The maximum Gasteiger partial charge on any atom is 0.352 e. The van der Waals surface area contributed by atoms with E-state index in [1.165, 1.54) is 7.05 Å². The average molecular weight is 333 g/mol. The topological polar surface area (TPSA) is 66.1 Å². The smallest absolute Gasteiger partial charge is 0.352 e. The van der Waals surface area contributed by atoms with E-state index in [9.17, 15) is 9.59 Å². The summed E-state index contributed by atoms with van der Waals surface area (Å²) in [5.41, 5.74) is 0.971. The van der Waals surface area contributed by atoms with Gasteiger partial charge in [-0.15, -0.1) is 0 Å². The second-order valence-electron chi connectivity index (χ2n) is 5.71. The normalized spacial score (nSPS) is 11.1. The zero-order valence-corrected chi connectivity index (χ0v) is 13.8. The Morgan fingerprint density at radius 2 is 1.72 bits per heavy atom. The van der Waals surface area contributed by atoms with Gasteiger partial charge in [0.2, 0.25) is 0 Å². The van der Waals surface area contributed by atoms with E-state index in [2.05, 4.69) is 4.98 Å². The van der Waals surface area contributed by atoms with E-state index in [4.69, 9.17) is 4.74 Å². The van der Waals surface area contributed by atoms with Crippen LogP contribution in [0.4, 0.5) is 0 Å². The van der Waals surface area contributed by atoms with Crippen molar-refractivity contribution >= 4 is 10.9 Å². The SMILES string of the molecule is COc1ccccc1-n1c2nc(=O)n(C)c(=O)c-2cc2ccccc21. The van der Waals surface area contributed by atoms with E-state index in [-0.39, 0.29) is 5.56 Å². The van der Waals surface area contributed by atoms with E-state index in [1.807, 2.05) is 48.5 Å². The zero-order chi connectivity index (χ0) is 17.6.